The number of halogens is 5. The topological polar surface area (TPSA) is 68.2 Å². The lowest BCUT2D eigenvalue weighted by Crippen LogP contribution is -2.20. The van der Waals surface area contributed by atoms with Crippen LogP contribution >= 0.6 is 0 Å². The van der Waals surface area contributed by atoms with Crippen molar-refractivity contribution >= 4 is 28.4 Å². The minimum atomic E-state index is -4.86. The van der Waals surface area contributed by atoms with Crippen molar-refractivity contribution in [3.8, 4) is 5.69 Å². The van der Waals surface area contributed by atoms with Gasteiger partial charge in [0.2, 0.25) is 0 Å². The number of hydrogen-bond donors (Lipinski definition) is 2. The summed E-state index contributed by atoms with van der Waals surface area (Å²) < 4.78 is 75.2. The van der Waals surface area contributed by atoms with Gasteiger partial charge in [-0.05, 0) is 54.6 Å². The van der Waals surface area contributed by atoms with Crippen LogP contribution in [-0.4, -0.2) is 29.8 Å². The molecule has 0 aliphatic heterocycles. The van der Waals surface area contributed by atoms with Gasteiger partial charge in [0.1, 0.15) is 23.3 Å². The minimum absolute atomic E-state index is 0.0513. The molecule has 0 atom stereocenters. The summed E-state index contributed by atoms with van der Waals surface area (Å²) in [4.78, 5) is 17.3. The molecular formula is C24H19F5N4O2. The van der Waals surface area contributed by atoms with E-state index < -0.39 is 34.2 Å². The summed E-state index contributed by atoms with van der Waals surface area (Å²) >= 11 is 0. The minimum Gasteiger partial charge on any atom is -0.383 e. The number of alkyl halides is 3. The van der Waals surface area contributed by atoms with Crippen LogP contribution in [0.2, 0.25) is 0 Å². The molecule has 6 nitrogen and oxygen atoms in total. The highest BCUT2D eigenvalue weighted by Crippen LogP contribution is 2.36. The first kappa shape index (κ1) is 24.1. The number of benzene rings is 2. The Morgan fingerprint density at radius 1 is 0.971 bits per heavy atom. The van der Waals surface area contributed by atoms with Crippen LogP contribution in [0.25, 0.3) is 16.7 Å². The fraction of sp³-hybridized carbons (Fsp3) is 0.167. The van der Waals surface area contributed by atoms with E-state index in [1.807, 2.05) is 0 Å². The molecule has 0 fully saturated rings. The highest BCUT2D eigenvalue weighted by atomic mass is 19.4. The molecule has 0 aliphatic rings. The SMILES string of the molecule is COCCNc1cc(C(F)(F)F)c2c(=O)cc(Nc3ccc(F)cc3)n(-c3ccc(F)cc3)c2n1. The Morgan fingerprint density at radius 3 is 2.20 bits per heavy atom. The van der Waals surface area contributed by atoms with E-state index in [0.29, 0.717) is 5.69 Å². The monoisotopic (exact) mass is 490 g/mol. The van der Waals surface area contributed by atoms with E-state index in [9.17, 15) is 26.7 Å². The van der Waals surface area contributed by atoms with Gasteiger partial charge in [-0.25, -0.2) is 13.8 Å². The van der Waals surface area contributed by atoms with Crippen molar-refractivity contribution in [2.24, 2.45) is 0 Å². The largest absolute Gasteiger partial charge is 0.417 e. The molecule has 0 saturated carbocycles. The van der Waals surface area contributed by atoms with Gasteiger partial charge in [0.25, 0.3) is 0 Å². The van der Waals surface area contributed by atoms with E-state index in [4.69, 9.17) is 4.74 Å². The highest BCUT2D eigenvalue weighted by Gasteiger charge is 2.35. The van der Waals surface area contributed by atoms with Crippen LogP contribution in [0.4, 0.5) is 39.3 Å². The average Bonchev–Trinajstić information content (AvgIpc) is 2.81. The summed E-state index contributed by atoms with van der Waals surface area (Å²) in [6.45, 7) is 0.374. The van der Waals surface area contributed by atoms with Crippen molar-refractivity contribution in [3.05, 3.63) is 88.1 Å². The first-order valence-corrected chi connectivity index (χ1v) is 10.4. The lowest BCUT2D eigenvalue weighted by atomic mass is 10.1. The van der Waals surface area contributed by atoms with Crippen LogP contribution in [-0.2, 0) is 10.9 Å². The number of ether oxygens (including phenoxy) is 1. The highest BCUT2D eigenvalue weighted by molar-refractivity contribution is 5.86. The third-order valence-corrected chi connectivity index (χ3v) is 5.09. The molecule has 0 unspecified atom stereocenters. The van der Waals surface area contributed by atoms with E-state index in [2.05, 4.69) is 15.6 Å². The van der Waals surface area contributed by atoms with Gasteiger partial charge in [-0.3, -0.25) is 9.36 Å². The van der Waals surface area contributed by atoms with E-state index in [1.165, 1.54) is 48.1 Å². The Labute approximate surface area is 196 Å². The van der Waals surface area contributed by atoms with Gasteiger partial charge in [0.15, 0.2) is 11.1 Å². The summed E-state index contributed by atoms with van der Waals surface area (Å²) in [6.07, 6.45) is -4.86. The van der Waals surface area contributed by atoms with Crippen LogP contribution in [0.1, 0.15) is 5.56 Å². The zero-order valence-corrected chi connectivity index (χ0v) is 18.3. The predicted octanol–water partition coefficient (Wildman–Crippen LogP) is 5.48. The molecule has 182 valence electrons. The second-order valence-corrected chi connectivity index (χ2v) is 7.51. The Hall–Kier alpha value is -3.99. The number of nitrogens with zero attached hydrogens (tertiary/aromatic N) is 2. The van der Waals surface area contributed by atoms with Crippen molar-refractivity contribution in [2.75, 3.05) is 30.9 Å². The van der Waals surface area contributed by atoms with E-state index >= 15 is 0 Å². The quantitative estimate of drug-likeness (QED) is 0.265. The zero-order valence-electron chi connectivity index (χ0n) is 18.3. The molecule has 2 N–H and O–H groups in total. The number of hydrogen-bond acceptors (Lipinski definition) is 5. The Morgan fingerprint density at radius 2 is 1.60 bits per heavy atom. The lowest BCUT2D eigenvalue weighted by Gasteiger charge is -2.20. The van der Waals surface area contributed by atoms with Crippen molar-refractivity contribution < 1.29 is 26.7 Å². The van der Waals surface area contributed by atoms with Gasteiger partial charge in [0.05, 0.1) is 17.6 Å². The third kappa shape index (κ3) is 5.24. The molecule has 0 amide bonds. The fourth-order valence-electron chi connectivity index (χ4n) is 3.53. The summed E-state index contributed by atoms with van der Waals surface area (Å²) in [5.74, 6) is -1.13. The number of rotatable bonds is 7. The third-order valence-electron chi connectivity index (χ3n) is 5.09. The number of aromatic nitrogens is 2. The second kappa shape index (κ2) is 9.71. The number of nitrogens with one attached hydrogen (secondary N) is 2. The molecule has 2 heterocycles. The fourth-order valence-corrected chi connectivity index (χ4v) is 3.53. The molecule has 0 bridgehead atoms. The average molecular weight is 490 g/mol. The molecule has 0 saturated heterocycles. The molecule has 2 aromatic heterocycles. The number of pyridine rings is 2. The standard InChI is InChI=1S/C24H19F5N4O2/c1-35-11-10-30-20-12-18(24(27,28)29)22-19(34)13-21(31-16-6-2-14(25)3-7-16)33(23(22)32-20)17-8-4-15(26)5-9-17/h2-9,12-13,31H,10-11H2,1H3,(H,30,32). The zero-order chi connectivity index (χ0) is 25.2. The molecule has 0 aliphatic carbocycles. The molecular weight excluding hydrogens is 471 g/mol. The molecule has 35 heavy (non-hydrogen) atoms. The Bertz CT molecular complexity index is 1400. The maximum atomic E-state index is 14.0. The van der Waals surface area contributed by atoms with E-state index in [-0.39, 0.29) is 36.1 Å². The van der Waals surface area contributed by atoms with Crippen molar-refractivity contribution in [2.45, 2.75) is 6.18 Å². The number of fused-ring (bicyclic) bond motifs is 1. The summed E-state index contributed by atoms with van der Waals surface area (Å²) in [5.41, 5.74) is -1.78. The maximum absolute atomic E-state index is 14.0. The smallest absolute Gasteiger partial charge is 0.383 e. The summed E-state index contributed by atoms with van der Waals surface area (Å²) in [5, 5.41) is 5.03. The van der Waals surface area contributed by atoms with Gasteiger partial charge in [-0.15, -0.1) is 0 Å². The van der Waals surface area contributed by atoms with E-state index in [1.54, 1.807) is 0 Å². The molecule has 4 aromatic rings. The predicted molar refractivity (Wildman–Crippen MR) is 122 cm³/mol. The normalized spacial score (nSPS) is 11.6. The number of anilines is 3. The van der Waals surface area contributed by atoms with Crippen molar-refractivity contribution in [1.29, 1.82) is 0 Å². The molecule has 0 spiro atoms. The van der Waals surface area contributed by atoms with Gasteiger partial charge in [0, 0.05) is 31.1 Å². The van der Waals surface area contributed by atoms with E-state index in [0.717, 1.165) is 24.3 Å². The number of methoxy groups -OCH3 is 1. The molecule has 0 radical (unpaired) electrons. The summed E-state index contributed by atoms with van der Waals surface area (Å²) in [7, 11) is 1.44. The van der Waals surface area contributed by atoms with Gasteiger partial charge in [-0.2, -0.15) is 13.2 Å². The molecule has 4 rings (SSSR count). The van der Waals surface area contributed by atoms with Crippen LogP contribution in [0.3, 0.4) is 0 Å². The maximum Gasteiger partial charge on any atom is 0.417 e. The van der Waals surface area contributed by atoms with Gasteiger partial charge < -0.3 is 15.4 Å². The van der Waals surface area contributed by atoms with Gasteiger partial charge in [-0.1, -0.05) is 0 Å². The van der Waals surface area contributed by atoms with Crippen molar-refractivity contribution in [3.63, 3.8) is 0 Å². The van der Waals surface area contributed by atoms with Crippen LogP contribution < -0.4 is 16.1 Å². The van der Waals surface area contributed by atoms with Crippen molar-refractivity contribution in [1.82, 2.24) is 9.55 Å². The second-order valence-electron chi connectivity index (χ2n) is 7.51. The Balaban J connectivity index is 2.03. The van der Waals surface area contributed by atoms with Crippen LogP contribution in [0.15, 0.2) is 65.5 Å². The van der Waals surface area contributed by atoms with Crippen LogP contribution in [0.5, 0.6) is 0 Å². The lowest BCUT2D eigenvalue weighted by molar-refractivity contribution is -0.136. The Kier molecular flexibility index (Phi) is 6.70. The molecule has 11 heteroatoms. The first-order chi connectivity index (χ1) is 16.7. The first-order valence-electron chi connectivity index (χ1n) is 10.4. The molecule has 2 aromatic carbocycles. The van der Waals surface area contributed by atoms with Gasteiger partial charge >= 0.3 is 6.18 Å². The summed E-state index contributed by atoms with van der Waals surface area (Å²) in [6, 6.07) is 11.9. The van der Waals surface area contributed by atoms with Crippen LogP contribution in [0, 0.1) is 11.6 Å².